The summed E-state index contributed by atoms with van der Waals surface area (Å²) in [5.74, 6) is 0.0204. The summed E-state index contributed by atoms with van der Waals surface area (Å²) in [5, 5.41) is 10.6. The molecule has 1 aromatic heterocycles. The molecule has 23 heavy (non-hydrogen) atoms. The number of amides is 1. The first kappa shape index (κ1) is 15.9. The number of aliphatic hydroxyl groups excluding tert-OH is 1. The lowest BCUT2D eigenvalue weighted by Gasteiger charge is -2.29. The molecule has 1 unspecified atom stereocenters. The standard InChI is InChI=1S/C19H24N2O2/c1-13-7-8-18-16(10-13)17(11-14(2)20-18)19(23)21-9-5-3-4-6-15(21)12-22/h7-8,10-11,15,22H,3-6,9,12H2,1-2H3. The molecule has 4 nitrogen and oxygen atoms in total. The van der Waals surface area contributed by atoms with Crippen molar-refractivity contribution in [3.63, 3.8) is 0 Å². The lowest BCUT2D eigenvalue weighted by atomic mass is 10.0. The highest BCUT2D eigenvalue weighted by Crippen LogP contribution is 2.25. The number of likely N-dealkylation sites (tertiary alicyclic amines) is 1. The molecule has 2 heterocycles. The molecule has 1 aromatic carbocycles. The summed E-state index contributed by atoms with van der Waals surface area (Å²) in [5.41, 5.74) is 3.53. The van der Waals surface area contributed by atoms with E-state index in [9.17, 15) is 9.90 Å². The van der Waals surface area contributed by atoms with E-state index in [-0.39, 0.29) is 18.6 Å². The number of pyridine rings is 1. The van der Waals surface area contributed by atoms with E-state index in [1.165, 1.54) is 0 Å². The van der Waals surface area contributed by atoms with E-state index in [2.05, 4.69) is 4.98 Å². The number of aliphatic hydroxyl groups is 1. The van der Waals surface area contributed by atoms with Crippen molar-refractivity contribution in [3.8, 4) is 0 Å². The van der Waals surface area contributed by atoms with Gasteiger partial charge in [-0.1, -0.05) is 24.5 Å². The van der Waals surface area contributed by atoms with Gasteiger partial charge in [0, 0.05) is 17.6 Å². The smallest absolute Gasteiger partial charge is 0.254 e. The Morgan fingerprint density at radius 3 is 2.87 bits per heavy atom. The van der Waals surface area contributed by atoms with Gasteiger partial charge in [0.2, 0.25) is 0 Å². The SMILES string of the molecule is Cc1ccc2nc(C)cc(C(=O)N3CCCCCC3CO)c2c1. The van der Waals surface area contributed by atoms with Crippen molar-refractivity contribution in [2.24, 2.45) is 0 Å². The molecule has 0 bridgehead atoms. The molecule has 1 atom stereocenters. The van der Waals surface area contributed by atoms with E-state index < -0.39 is 0 Å². The van der Waals surface area contributed by atoms with Crippen LogP contribution in [0.5, 0.6) is 0 Å². The van der Waals surface area contributed by atoms with Crippen LogP contribution in [0.25, 0.3) is 10.9 Å². The Kier molecular flexibility index (Phi) is 4.62. The number of carbonyl (C=O) groups excluding carboxylic acids is 1. The van der Waals surface area contributed by atoms with Gasteiger partial charge in [-0.15, -0.1) is 0 Å². The van der Waals surface area contributed by atoms with Gasteiger partial charge >= 0.3 is 0 Å². The zero-order chi connectivity index (χ0) is 16.4. The molecule has 2 aromatic rings. The van der Waals surface area contributed by atoms with Crippen LogP contribution in [0.3, 0.4) is 0 Å². The fourth-order valence-electron chi connectivity index (χ4n) is 3.44. The summed E-state index contributed by atoms with van der Waals surface area (Å²) in [6, 6.07) is 7.83. The molecule has 4 heteroatoms. The summed E-state index contributed by atoms with van der Waals surface area (Å²) in [7, 11) is 0. The minimum atomic E-state index is -0.0710. The Morgan fingerprint density at radius 2 is 2.09 bits per heavy atom. The van der Waals surface area contributed by atoms with Crippen LogP contribution in [0.4, 0.5) is 0 Å². The van der Waals surface area contributed by atoms with Gasteiger partial charge in [0.1, 0.15) is 0 Å². The van der Waals surface area contributed by atoms with Gasteiger partial charge in [0.25, 0.3) is 5.91 Å². The van der Waals surface area contributed by atoms with Crippen LogP contribution in [0, 0.1) is 13.8 Å². The van der Waals surface area contributed by atoms with Crippen LogP contribution in [0.15, 0.2) is 24.3 Å². The summed E-state index contributed by atoms with van der Waals surface area (Å²) >= 11 is 0. The van der Waals surface area contributed by atoms with Crippen LogP contribution >= 0.6 is 0 Å². The molecule has 0 saturated carbocycles. The van der Waals surface area contributed by atoms with Gasteiger partial charge in [0.05, 0.1) is 23.7 Å². The highest BCUT2D eigenvalue weighted by molar-refractivity contribution is 6.06. The predicted molar refractivity (Wildman–Crippen MR) is 91.6 cm³/mol. The van der Waals surface area contributed by atoms with Gasteiger partial charge < -0.3 is 10.0 Å². The van der Waals surface area contributed by atoms with Gasteiger partial charge in [-0.3, -0.25) is 9.78 Å². The van der Waals surface area contributed by atoms with Crippen molar-refractivity contribution in [1.82, 2.24) is 9.88 Å². The highest BCUT2D eigenvalue weighted by Gasteiger charge is 2.27. The summed E-state index contributed by atoms with van der Waals surface area (Å²) < 4.78 is 0. The van der Waals surface area contributed by atoms with Crippen LogP contribution in [0.1, 0.15) is 47.3 Å². The number of carbonyl (C=O) groups is 1. The Balaban J connectivity index is 2.07. The molecular weight excluding hydrogens is 288 g/mol. The monoisotopic (exact) mass is 312 g/mol. The van der Waals surface area contributed by atoms with E-state index in [1.54, 1.807) is 0 Å². The third kappa shape index (κ3) is 3.22. The molecule has 0 aliphatic carbocycles. The van der Waals surface area contributed by atoms with E-state index in [1.807, 2.05) is 43.0 Å². The molecule has 1 aliphatic rings. The maximum atomic E-state index is 13.2. The van der Waals surface area contributed by atoms with Crippen molar-refractivity contribution in [2.45, 2.75) is 45.6 Å². The summed E-state index contributed by atoms with van der Waals surface area (Å²) in [6.45, 7) is 4.70. The van der Waals surface area contributed by atoms with E-state index in [4.69, 9.17) is 0 Å². The number of benzene rings is 1. The van der Waals surface area contributed by atoms with Crippen molar-refractivity contribution < 1.29 is 9.90 Å². The van der Waals surface area contributed by atoms with E-state index >= 15 is 0 Å². The number of hydrogen-bond donors (Lipinski definition) is 1. The van der Waals surface area contributed by atoms with Crippen LogP contribution in [-0.2, 0) is 0 Å². The Morgan fingerprint density at radius 1 is 1.26 bits per heavy atom. The molecule has 3 rings (SSSR count). The van der Waals surface area contributed by atoms with E-state index in [0.717, 1.165) is 54.4 Å². The number of fused-ring (bicyclic) bond motifs is 1. The molecule has 1 fully saturated rings. The maximum Gasteiger partial charge on any atom is 0.254 e. The summed E-state index contributed by atoms with van der Waals surface area (Å²) in [6.07, 6.45) is 4.08. The first-order chi connectivity index (χ1) is 11.1. The molecule has 1 amide bonds. The van der Waals surface area contributed by atoms with Gasteiger partial charge in [-0.2, -0.15) is 0 Å². The highest BCUT2D eigenvalue weighted by atomic mass is 16.3. The Labute approximate surface area is 137 Å². The molecule has 0 spiro atoms. The number of nitrogens with zero attached hydrogens (tertiary/aromatic N) is 2. The lowest BCUT2D eigenvalue weighted by Crippen LogP contribution is -2.42. The second-order valence-electron chi connectivity index (χ2n) is 6.52. The van der Waals surface area contributed by atoms with Crippen molar-refractivity contribution >= 4 is 16.8 Å². The molecule has 1 aliphatic heterocycles. The van der Waals surface area contributed by atoms with Crippen LogP contribution in [-0.4, -0.2) is 40.1 Å². The fourth-order valence-corrected chi connectivity index (χ4v) is 3.44. The zero-order valence-corrected chi connectivity index (χ0v) is 13.9. The maximum absolute atomic E-state index is 13.2. The quantitative estimate of drug-likeness (QED) is 0.926. The molecule has 1 saturated heterocycles. The van der Waals surface area contributed by atoms with Gasteiger partial charge in [0.15, 0.2) is 0 Å². The molecular formula is C19H24N2O2. The predicted octanol–water partition coefficient (Wildman–Crippen LogP) is 3.23. The van der Waals surface area contributed by atoms with E-state index in [0.29, 0.717) is 5.56 Å². The van der Waals surface area contributed by atoms with Crippen molar-refractivity contribution in [3.05, 3.63) is 41.1 Å². The minimum Gasteiger partial charge on any atom is -0.394 e. The average Bonchev–Trinajstić information content (AvgIpc) is 2.79. The lowest BCUT2D eigenvalue weighted by molar-refractivity contribution is 0.0601. The van der Waals surface area contributed by atoms with Gasteiger partial charge in [-0.05, 0) is 44.9 Å². The first-order valence-corrected chi connectivity index (χ1v) is 8.40. The Bertz CT molecular complexity index is 727. The Hall–Kier alpha value is -1.94. The third-order valence-electron chi connectivity index (χ3n) is 4.67. The van der Waals surface area contributed by atoms with Crippen molar-refractivity contribution in [2.75, 3.05) is 13.2 Å². The molecule has 0 radical (unpaired) electrons. The fraction of sp³-hybridized carbons (Fsp3) is 0.474. The minimum absolute atomic E-state index is 0.0204. The number of aryl methyl sites for hydroxylation is 2. The topological polar surface area (TPSA) is 53.4 Å². The van der Waals surface area contributed by atoms with Crippen molar-refractivity contribution in [1.29, 1.82) is 0 Å². The third-order valence-corrected chi connectivity index (χ3v) is 4.67. The second kappa shape index (κ2) is 6.67. The average molecular weight is 312 g/mol. The molecule has 1 N–H and O–H groups in total. The van der Waals surface area contributed by atoms with Gasteiger partial charge in [-0.25, -0.2) is 0 Å². The largest absolute Gasteiger partial charge is 0.394 e. The molecule has 122 valence electrons. The van der Waals surface area contributed by atoms with Crippen LogP contribution < -0.4 is 0 Å². The number of rotatable bonds is 2. The first-order valence-electron chi connectivity index (χ1n) is 8.40. The number of aromatic nitrogens is 1. The van der Waals surface area contributed by atoms with Crippen LogP contribution in [0.2, 0.25) is 0 Å². The summed E-state index contributed by atoms with van der Waals surface area (Å²) in [4.78, 5) is 19.6. The second-order valence-corrected chi connectivity index (χ2v) is 6.52. The normalized spacial score (nSPS) is 18.9. The number of hydrogen-bond acceptors (Lipinski definition) is 3. The zero-order valence-electron chi connectivity index (χ0n) is 13.9.